The van der Waals surface area contributed by atoms with Crippen molar-refractivity contribution in [2.45, 2.75) is 51.1 Å². The summed E-state index contributed by atoms with van der Waals surface area (Å²) in [5.41, 5.74) is -0.114. The number of carbonyl (C=O) groups is 4. The minimum absolute atomic E-state index is 0.0310. The van der Waals surface area contributed by atoms with Crippen LogP contribution in [0.15, 0.2) is 48.5 Å². The van der Waals surface area contributed by atoms with E-state index in [-0.39, 0.29) is 35.5 Å². The molecule has 0 radical (unpaired) electrons. The highest BCUT2D eigenvalue weighted by Gasteiger charge is 2.32. The van der Waals surface area contributed by atoms with Crippen LogP contribution in [-0.2, 0) is 13.6 Å². The average Bonchev–Trinajstić information content (AvgIpc) is 2.83. The van der Waals surface area contributed by atoms with Crippen molar-refractivity contribution in [3.8, 4) is 0 Å². The van der Waals surface area contributed by atoms with E-state index < -0.39 is 40.5 Å². The third-order valence-corrected chi connectivity index (χ3v) is 13.2. The molecule has 0 aliphatic carbocycles. The Kier molecular flexibility index (Phi) is 10.8. The van der Waals surface area contributed by atoms with Gasteiger partial charge in [-0.1, -0.05) is 24.3 Å². The maximum atomic E-state index is 12.3. The lowest BCUT2D eigenvalue weighted by Gasteiger charge is -2.34. The van der Waals surface area contributed by atoms with Gasteiger partial charge in [-0.2, -0.15) is 0 Å². The lowest BCUT2D eigenvalue weighted by molar-refractivity contribution is 0.0489. The Morgan fingerprint density at radius 1 is 0.622 bits per heavy atom. The van der Waals surface area contributed by atoms with Gasteiger partial charge in [0, 0.05) is 0 Å². The first-order valence-electron chi connectivity index (χ1n) is 12.0. The summed E-state index contributed by atoms with van der Waals surface area (Å²) >= 11 is 0. The van der Waals surface area contributed by atoms with E-state index in [4.69, 9.17) is 13.6 Å². The summed E-state index contributed by atoms with van der Waals surface area (Å²) in [6.45, 7) is 8.75. The van der Waals surface area contributed by atoms with Crippen LogP contribution in [0.2, 0.25) is 38.3 Å². The summed E-state index contributed by atoms with van der Waals surface area (Å²) in [4.78, 5) is 47.2. The maximum Gasteiger partial charge on any atom is 0.339 e. The molecule has 0 aliphatic heterocycles. The molecule has 2 N–H and O–H groups in total. The number of carboxylic acids is 2. The van der Waals surface area contributed by atoms with E-state index in [0.717, 1.165) is 12.1 Å². The smallest absolute Gasteiger partial charge is 0.339 e. The fourth-order valence-corrected chi connectivity index (χ4v) is 12.8. The van der Waals surface area contributed by atoms with E-state index in [2.05, 4.69) is 26.2 Å². The van der Waals surface area contributed by atoms with Crippen LogP contribution < -0.4 is 0 Å². The largest absolute Gasteiger partial charge is 0.478 e. The fourth-order valence-electron chi connectivity index (χ4n) is 4.03. The molecule has 0 saturated heterocycles. The molecule has 0 fully saturated rings. The zero-order valence-electron chi connectivity index (χ0n) is 21.6. The van der Waals surface area contributed by atoms with Crippen LogP contribution in [0.1, 0.15) is 54.3 Å². The van der Waals surface area contributed by atoms with E-state index in [9.17, 15) is 29.4 Å². The monoisotopic (exact) mass is 546 g/mol. The van der Waals surface area contributed by atoms with Crippen molar-refractivity contribution in [1.29, 1.82) is 0 Å². The summed E-state index contributed by atoms with van der Waals surface area (Å²) in [5.74, 6) is -3.68. The SMILES string of the molecule is C[Si](C)(CCCOC(=O)c1ccccc1C(=O)O)O[Si](C)(C)CCCOC(=O)c1ccccc1C(=O)O. The van der Waals surface area contributed by atoms with E-state index >= 15 is 0 Å². The number of carboxylic acid groups (broad SMARTS) is 2. The maximum absolute atomic E-state index is 12.3. The van der Waals surface area contributed by atoms with Crippen molar-refractivity contribution in [1.82, 2.24) is 0 Å². The Labute approximate surface area is 218 Å². The quantitative estimate of drug-likeness (QED) is 0.184. The van der Waals surface area contributed by atoms with Gasteiger partial charge in [-0.15, -0.1) is 0 Å². The first-order valence-corrected chi connectivity index (χ1v) is 18.3. The molecule has 0 amide bonds. The van der Waals surface area contributed by atoms with Crippen LogP contribution >= 0.6 is 0 Å². The second-order valence-corrected chi connectivity index (χ2v) is 18.7. The van der Waals surface area contributed by atoms with Crippen LogP contribution in [-0.4, -0.2) is 63.9 Å². The number of hydrogen-bond acceptors (Lipinski definition) is 7. The van der Waals surface area contributed by atoms with Crippen molar-refractivity contribution in [3.63, 3.8) is 0 Å². The van der Waals surface area contributed by atoms with E-state index in [0.29, 0.717) is 12.8 Å². The van der Waals surface area contributed by atoms with Crippen molar-refractivity contribution in [2.24, 2.45) is 0 Å². The van der Waals surface area contributed by atoms with Gasteiger partial charge in [-0.3, -0.25) is 0 Å². The van der Waals surface area contributed by atoms with E-state index in [1.165, 1.54) is 24.3 Å². The van der Waals surface area contributed by atoms with Crippen LogP contribution in [0.5, 0.6) is 0 Å². The molecule has 0 spiro atoms. The molecule has 0 aromatic heterocycles. The van der Waals surface area contributed by atoms with Crippen LogP contribution in [0.3, 0.4) is 0 Å². The minimum Gasteiger partial charge on any atom is -0.478 e. The van der Waals surface area contributed by atoms with Gasteiger partial charge < -0.3 is 23.8 Å². The summed E-state index contributed by atoms with van der Waals surface area (Å²) in [6.07, 6.45) is 1.20. The Bertz CT molecular complexity index is 1040. The van der Waals surface area contributed by atoms with Gasteiger partial charge in [0.25, 0.3) is 0 Å². The van der Waals surface area contributed by atoms with Crippen molar-refractivity contribution >= 4 is 40.5 Å². The zero-order chi connectivity index (χ0) is 27.6. The van der Waals surface area contributed by atoms with E-state index in [1.54, 1.807) is 24.3 Å². The fraction of sp³-hybridized carbons (Fsp3) is 0.385. The topological polar surface area (TPSA) is 136 Å². The predicted octanol–water partition coefficient (Wildman–Crippen LogP) is 5.30. The van der Waals surface area contributed by atoms with Gasteiger partial charge in [-0.05, 0) is 75.4 Å². The molecule has 0 heterocycles. The molecule has 0 bridgehead atoms. The highest BCUT2D eigenvalue weighted by atomic mass is 28.4. The normalized spacial score (nSPS) is 11.6. The highest BCUT2D eigenvalue weighted by Crippen LogP contribution is 2.24. The Morgan fingerprint density at radius 2 is 0.946 bits per heavy atom. The molecule has 0 atom stereocenters. The average molecular weight is 547 g/mol. The Balaban J connectivity index is 1.76. The second-order valence-electron chi connectivity index (χ2n) is 9.80. The van der Waals surface area contributed by atoms with Crippen molar-refractivity contribution in [2.75, 3.05) is 13.2 Å². The third kappa shape index (κ3) is 9.59. The molecule has 2 rings (SSSR count). The molecule has 200 valence electrons. The number of ether oxygens (including phenoxy) is 2. The Morgan fingerprint density at radius 3 is 1.27 bits per heavy atom. The van der Waals surface area contributed by atoms with Gasteiger partial charge in [0.1, 0.15) is 0 Å². The number of benzene rings is 2. The molecule has 2 aromatic rings. The number of esters is 2. The first-order chi connectivity index (χ1) is 17.3. The second kappa shape index (κ2) is 13.3. The summed E-state index contributed by atoms with van der Waals surface area (Å²) in [7, 11) is -4.14. The molecule has 9 nitrogen and oxygen atoms in total. The molecule has 37 heavy (non-hydrogen) atoms. The molecular weight excluding hydrogens is 512 g/mol. The number of rotatable bonds is 14. The minimum atomic E-state index is -2.07. The lowest BCUT2D eigenvalue weighted by Crippen LogP contribution is -2.44. The van der Waals surface area contributed by atoms with Crippen LogP contribution in [0.25, 0.3) is 0 Å². The van der Waals surface area contributed by atoms with Gasteiger partial charge in [0.2, 0.25) is 0 Å². The lowest BCUT2D eigenvalue weighted by atomic mass is 10.1. The van der Waals surface area contributed by atoms with Gasteiger partial charge in [0.05, 0.1) is 35.5 Å². The summed E-state index contributed by atoms with van der Waals surface area (Å²) < 4.78 is 17.1. The number of carbonyl (C=O) groups excluding carboxylic acids is 2. The standard InChI is InChI=1S/C26H34O9Si2/c1-36(2,17-9-15-33-25(31)21-13-7-5-11-19(21)23(27)28)35-37(3,4)18-10-16-34-26(32)22-14-8-6-12-20(22)24(29)30/h5-8,11-14H,9-10,15-18H2,1-4H3,(H,27,28)(H,29,30). The number of hydrogen-bond donors (Lipinski definition) is 2. The predicted molar refractivity (Wildman–Crippen MR) is 142 cm³/mol. The van der Waals surface area contributed by atoms with E-state index in [1.807, 2.05) is 0 Å². The van der Waals surface area contributed by atoms with Gasteiger partial charge in [0.15, 0.2) is 16.6 Å². The Hall–Kier alpha value is -3.29. The van der Waals surface area contributed by atoms with Gasteiger partial charge >= 0.3 is 23.9 Å². The first kappa shape index (κ1) is 29.9. The van der Waals surface area contributed by atoms with Crippen LogP contribution in [0, 0.1) is 0 Å². The summed E-state index contributed by atoms with van der Waals surface area (Å²) in [6, 6.07) is 13.4. The number of aromatic carboxylic acids is 2. The molecule has 11 heteroatoms. The van der Waals surface area contributed by atoms with Crippen molar-refractivity contribution in [3.05, 3.63) is 70.8 Å². The van der Waals surface area contributed by atoms with Crippen molar-refractivity contribution < 1.29 is 43.0 Å². The summed E-state index contributed by atoms with van der Waals surface area (Å²) in [5, 5.41) is 18.5. The highest BCUT2D eigenvalue weighted by molar-refractivity contribution is 6.84. The van der Waals surface area contributed by atoms with Crippen LogP contribution in [0.4, 0.5) is 0 Å². The third-order valence-electron chi connectivity index (χ3n) is 5.62. The zero-order valence-corrected chi connectivity index (χ0v) is 23.6. The molecule has 2 aromatic carbocycles. The molecule has 0 aliphatic rings. The molecule has 0 unspecified atom stereocenters. The molecule has 0 saturated carbocycles. The van der Waals surface area contributed by atoms with Gasteiger partial charge in [-0.25, -0.2) is 19.2 Å². The molecular formula is C26H34O9Si2.